The van der Waals surface area contributed by atoms with E-state index in [1.165, 1.54) is 11.8 Å². The zero-order valence-corrected chi connectivity index (χ0v) is 13.4. The molecule has 2 aromatic rings. The van der Waals surface area contributed by atoms with Gasteiger partial charge in [-0.1, -0.05) is 35.5 Å². The summed E-state index contributed by atoms with van der Waals surface area (Å²) >= 11 is 7.30. The minimum Gasteiger partial charge on any atom is -0.467 e. The number of hydrogen-bond donors (Lipinski definition) is 0. The van der Waals surface area contributed by atoms with Crippen molar-refractivity contribution in [3.8, 4) is 0 Å². The van der Waals surface area contributed by atoms with Crippen LogP contribution < -0.4 is 0 Å². The molecule has 0 fully saturated rings. The summed E-state index contributed by atoms with van der Waals surface area (Å²) in [6.07, 6.45) is 5.25. The lowest BCUT2D eigenvalue weighted by atomic mass is 10.2. The number of rotatable bonds is 3. The number of benzene rings is 1. The normalized spacial score (nSPS) is 16.5. The first-order chi connectivity index (χ1) is 10.7. The number of amides is 1. The Morgan fingerprint density at radius 2 is 2.09 bits per heavy atom. The third-order valence-electron chi connectivity index (χ3n) is 3.16. The van der Waals surface area contributed by atoms with E-state index in [0.717, 1.165) is 11.3 Å². The predicted octanol–water partition coefficient (Wildman–Crippen LogP) is 4.04. The Kier molecular flexibility index (Phi) is 4.36. The largest absolute Gasteiger partial charge is 0.467 e. The number of carbonyl (C=O) groups is 1. The van der Waals surface area contributed by atoms with Crippen molar-refractivity contribution in [1.82, 2.24) is 4.90 Å². The van der Waals surface area contributed by atoms with Crippen LogP contribution in [0.4, 0.5) is 0 Å². The summed E-state index contributed by atoms with van der Waals surface area (Å²) in [4.78, 5) is 18.6. The number of hydrogen-bond acceptors (Lipinski definition) is 4. The minimum atomic E-state index is -0.129. The zero-order chi connectivity index (χ0) is 15.5. The van der Waals surface area contributed by atoms with Gasteiger partial charge in [-0.05, 0) is 42.2 Å². The summed E-state index contributed by atoms with van der Waals surface area (Å²) in [6, 6.07) is 10.9. The Bertz CT molecular complexity index is 736. The highest BCUT2D eigenvalue weighted by atomic mass is 35.5. The van der Waals surface area contributed by atoms with Gasteiger partial charge in [0.15, 0.2) is 5.17 Å². The van der Waals surface area contributed by atoms with Crippen molar-refractivity contribution in [3.63, 3.8) is 0 Å². The van der Waals surface area contributed by atoms with Crippen molar-refractivity contribution in [3.05, 3.63) is 64.7 Å². The van der Waals surface area contributed by atoms with E-state index < -0.39 is 0 Å². The molecule has 2 heterocycles. The second kappa shape index (κ2) is 6.42. The van der Waals surface area contributed by atoms with Crippen molar-refractivity contribution in [1.29, 1.82) is 0 Å². The molecule has 0 atom stereocenters. The zero-order valence-electron chi connectivity index (χ0n) is 11.8. The van der Waals surface area contributed by atoms with Crippen LogP contribution in [-0.4, -0.2) is 22.2 Å². The highest BCUT2D eigenvalue weighted by Gasteiger charge is 2.30. The maximum absolute atomic E-state index is 12.5. The van der Waals surface area contributed by atoms with E-state index in [0.29, 0.717) is 22.4 Å². The molecule has 1 aliphatic rings. The van der Waals surface area contributed by atoms with E-state index >= 15 is 0 Å². The standard InChI is InChI=1S/C16H13ClN2O2S/c1-22-16-18-14(9-11-4-6-12(17)7-5-11)15(20)19(16)10-13-3-2-8-21-13/h2-9H,10H2,1H3/b14-9-. The molecule has 3 rings (SSSR count). The van der Waals surface area contributed by atoms with Gasteiger partial charge in [0.2, 0.25) is 0 Å². The first kappa shape index (κ1) is 14.9. The summed E-state index contributed by atoms with van der Waals surface area (Å²) in [7, 11) is 0. The molecule has 0 spiro atoms. The minimum absolute atomic E-state index is 0.129. The number of nitrogens with zero attached hydrogens (tertiary/aromatic N) is 2. The number of thioether (sulfide) groups is 1. The van der Waals surface area contributed by atoms with Crippen LogP contribution in [0.3, 0.4) is 0 Å². The van der Waals surface area contributed by atoms with Crippen molar-refractivity contribution >= 4 is 40.5 Å². The fourth-order valence-corrected chi connectivity index (χ4v) is 2.78. The summed E-state index contributed by atoms with van der Waals surface area (Å²) < 4.78 is 5.31. The first-order valence-corrected chi connectivity index (χ1v) is 8.22. The van der Waals surface area contributed by atoms with Crippen LogP contribution in [0.2, 0.25) is 5.02 Å². The lowest BCUT2D eigenvalue weighted by Gasteiger charge is -2.14. The highest BCUT2D eigenvalue weighted by Crippen LogP contribution is 2.25. The topological polar surface area (TPSA) is 45.8 Å². The molecule has 1 amide bonds. The van der Waals surface area contributed by atoms with Crippen molar-refractivity contribution in [2.45, 2.75) is 6.54 Å². The second-order valence-corrected chi connectivity index (χ2v) is 5.86. The average molecular weight is 333 g/mol. The van der Waals surface area contributed by atoms with Gasteiger partial charge in [0.25, 0.3) is 5.91 Å². The maximum atomic E-state index is 12.5. The van der Waals surface area contributed by atoms with Gasteiger partial charge in [0.1, 0.15) is 11.5 Å². The van der Waals surface area contributed by atoms with E-state index in [1.54, 1.807) is 35.4 Å². The quantitative estimate of drug-likeness (QED) is 0.797. The summed E-state index contributed by atoms with van der Waals surface area (Å²) in [5, 5.41) is 1.33. The molecular formula is C16H13ClN2O2S. The number of furan rings is 1. The lowest BCUT2D eigenvalue weighted by molar-refractivity contribution is -0.123. The van der Waals surface area contributed by atoms with Crippen LogP contribution in [0.25, 0.3) is 6.08 Å². The number of carbonyl (C=O) groups excluding carboxylic acids is 1. The van der Waals surface area contributed by atoms with Gasteiger partial charge in [-0.15, -0.1) is 0 Å². The molecule has 1 aliphatic heterocycles. The molecule has 0 N–H and O–H groups in total. The van der Waals surface area contributed by atoms with E-state index in [1.807, 2.05) is 24.5 Å². The Hall–Kier alpha value is -1.98. The molecule has 1 aromatic carbocycles. The molecule has 0 saturated carbocycles. The highest BCUT2D eigenvalue weighted by molar-refractivity contribution is 8.13. The molecule has 0 aliphatic carbocycles. The molecule has 4 nitrogen and oxygen atoms in total. The van der Waals surface area contributed by atoms with Crippen molar-refractivity contribution < 1.29 is 9.21 Å². The van der Waals surface area contributed by atoms with Crippen molar-refractivity contribution in [2.75, 3.05) is 6.26 Å². The van der Waals surface area contributed by atoms with Gasteiger partial charge in [0, 0.05) is 5.02 Å². The third kappa shape index (κ3) is 3.10. The fraction of sp³-hybridized carbons (Fsp3) is 0.125. The Morgan fingerprint density at radius 3 is 2.73 bits per heavy atom. The van der Waals surface area contributed by atoms with Gasteiger partial charge >= 0.3 is 0 Å². The van der Waals surface area contributed by atoms with Gasteiger partial charge in [-0.25, -0.2) is 4.99 Å². The van der Waals surface area contributed by atoms with Gasteiger partial charge in [0.05, 0.1) is 12.8 Å². The van der Waals surface area contributed by atoms with Crippen LogP contribution in [0.1, 0.15) is 11.3 Å². The van der Waals surface area contributed by atoms with E-state index in [-0.39, 0.29) is 5.91 Å². The molecule has 112 valence electrons. The predicted molar refractivity (Wildman–Crippen MR) is 89.6 cm³/mol. The van der Waals surface area contributed by atoms with Crippen LogP contribution in [0.5, 0.6) is 0 Å². The Morgan fingerprint density at radius 1 is 1.32 bits per heavy atom. The van der Waals surface area contributed by atoms with Crippen LogP contribution in [-0.2, 0) is 11.3 Å². The molecule has 0 saturated heterocycles. The van der Waals surface area contributed by atoms with E-state index in [2.05, 4.69) is 4.99 Å². The van der Waals surface area contributed by atoms with Gasteiger partial charge in [-0.2, -0.15) is 0 Å². The number of amidine groups is 1. The Balaban J connectivity index is 1.86. The molecule has 0 unspecified atom stereocenters. The molecule has 1 aromatic heterocycles. The fourth-order valence-electron chi connectivity index (χ4n) is 2.10. The lowest BCUT2D eigenvalue weighted by Crippen LogP contribution is -2.29. The molecule has 0 radical (unpaired) electrons. The monoisotopic (exact) mass is 332 g/mol. The third-order valence-corrected chi connectivity index (χ3v) is 4.09. The molecule has 6 heteroatoms. The SMILES string of the molecule is CSC1=N/C(=C\c2ccc(Cl)cc2)C(=O)N1Cc1ccco1. The van der Waals surface area contributed by atoms with E-state index in [9.17, 15) is 4.79 Å². The first-order valence-electron chi connectivity index (χ1n) is 6.61. The second-order valence-electron chi connectivity index (χ2n) is 4.65. The van der Waals surface area contributed by atoms with Crippen molar-refractivity contribution in [2.24, 2.45) is 4.99 Å². The number of aliphatic imine (C=N–C) groups is 1. The molecule has 0 bridgehead atoms. The van der Waals surface area contributed by atoms with Gasteiger partial charge in [-0.3, -0.25) is 9.69 Å². The maximum Gasteiger partial charge on any atom is 0.278 e. The summed E-state index contributed by atoms with van der Waals surface area (Å²) in [5.41, 5.74) is 1.30. The van der Waals surface area contributed by atoms with Crippen LogP contribution >= 0.6 is 23.4 Å². The summed E-state index contributed by atoms with van der Waals surface area (Å²) in [6.45, 7) is 0.378. The molecular weight excluding hydrogens is 320 g/mol. The average Bonchev–Trinajstić information content (AvgIpc) is 3.13. The molecule has 22 heavy (non-hydrogen) atoms. The van der Waals surface area contributed by atoms with Gasteiger partial charge < -0.3 is 4.42 Å². The van der Waals surface area contributed by atoms with Crippen LogP contribution in [0.15, 0.2) is 57.8 Å². The summed E-state index contributed by atoms with van der Waals surface area (Å²) in [5.74, 6) is 0.596. The Labute approximate surface area is 137 Å². The smallest absolute Gasteiger partial charge is 0.278 e. The number of halogens is 1. The van der Waals surface area contributed by atoms with E-state index in [4.69, 9.17) is 16.0 Å². The van der Waals surface area contributed by atoms with Crippen LogP contribution in [0, 0.1) is 0 Å².